The molecule has 3 N–H and O–H groups in total. The van der Waals surface area contributed by atoms with Gasteiger partial charge in [-0.2, -0.15) is 0 Å². The second-order valence-corrected chi connectivity index (χ2v) is 27.7. The number of aliphatic hydroxyl groups is 1. The van der Waals surface area contributed by atoms with E-state index in [4.69, 9.17) is 37.0 Å². The van der Waals surface area contributed by atoms with Gasteiger partial charge in [0.2, 0.25) is 0 Å². The Morgan fingerprint density at radius 2 is 0.559 bits per heavy atom. The molecule has 0 aromatic heterocycles. The van der Waals surface area contributed by atoms with Crippen molar-refractivity contribution in [1.29, 1.82) is 0 Å². The lowest BCUT2D eigenvalue weighted by molar-refractivity contribution is -0.161. The summed E-state index contributed by atoms with van der Waals surface area (Å²) in [6.45, 7) is 4.29. The number of aliphatic hydroxyl groups excluding tert-OH is 1. The summed E-state index contributed by atoms with van der Waals surface area (Å²) >= 11 is 0. The number of rotatable bonds is 70. The van der Waals surface area contributed by atoms with Crippen LogP contribution in [-0.2, 0) is 65.4 Å². The molecule has 578 valence electrons. The van der Waals surface area contributed by atoms with Crippen LogP contribution in [0, 0.1) is 0 Å². The zero-order valence-electron chi connectivity index (χ0n) is 63.0. The molecule has 5 unspecified atom stereocenters. The molecular formula is C83H134O17P2. The molecule has 0 rings (SSSR count). The largest absolute Gasteiger partial charge is 0.472 e. The van der Waals surface area contributed by atoms with Crippen molar-refractivity contribution >= 4 is 39.5 Å². The molecule has 19 heteroatoms. The number of esters is 4. The van der Waals surface area contributed by atoms with Gasteiger partial charge in [0, 0.05) is 19.3 Å². The lowest BCUT2D eigenvalue weighted by atomic mass is 10.1. The summed E-state index contributed by atoms with van der Waals surface area (Å²) in [4.78, 5) is 72.8. The van der Waals surface area contributed by atoms with Gasteiger partial charge in [0.1, 0.15) is 19.3 Å². The molecule has 0 spiro atoms. The summed E-state index contributed by atoms with van der Waals surface area (Å²) in [5, 5.41) is 10.6. The summed E-state index contributed by atoms with van der Waals surface area (Å²) in [5.74, 6) is -2.43. The molecule has 0 aliphatic heterocycles. The smallest absolute Gasteiger partial charge is 0.462 e. The molecule has 0 radical (unpaired) electrons. The van der Waals surface area contributed by atoms with Crippen molar-refractivity contribution in [3.05, 3.63) is 170 Å². The molecule has 0 aliphatic carbocycles. The first-order chi connectivity index (χ1) is 49.7. The van der Waals surface area contributed by atoms with Gasteiger partial charge in [0.05, 0.1) is 32.8 Å². The van der Waals surface area contributed by atoms with Crippen molar-refractivity contribution < 1.29 is 80.2 Å². The number of phosphoric acid groups is 2. The van der Waals surface area contributed by atoms with Crippen LogP contribution in [0.15, 0.2) is 170 Å². The predicted octanol–water partition coefficient (Wildman–Crippen LogP) is 22.2. The molecule has 0 bridgehead atoms. The maximum absolute atomic E-state index is 13.1. The lowest BCUT2D eigenvalue weighted by Gasteiger charge is -2.21. The number of allylic oxidation sites excluding steroid dienone is 27. The van der Waals surface area contributed by atoms with Crippen LogP contribution in [0.4, 0.5) is 0 Å². The molecule has 0 aromatic rings. The summed E-state index contributed by atoms with van der Waals surface area (Å²) < 4.78 is 68.3. The number of phosphoric ester groups is 2. The first-order valence-corrected chi connectivity index (χ1v) is 41.4. The minimum Gasteiger partial charge on any atom is -0.462 e. The molecule has 0 saturated carbocycles. The highest BCUT2D eigenvalue weighted by Gasteiger charge is 2.30. The summed E-state index contributed by atoms with van der Waals surface area (Å²) in [5.41, 5.74) is 0. The van der Waals surface area contributed by atoms with E-state index in [9.17, 15) is 43.2 Å². The molecule has 0 heterocycles. The molecule has 0 amide bonds. The van der Waals surface area contributed by atoms with E-state index in [1.807, 2.05) is 24.3 Å². The Morgan fingerprint density at radius 1 is 0.294 bits per heavy atom. The third-order valence-corrected chi connectivity index (χ3v) is 17.1. The van der Waals surface area contributed by atoms with Gasteiger partial charge in [-0.1, -0.05) is 268 Å². The van der Waals surface area contributed by atoms with Crippen molar-refractivity contribution in [3.8, 4) is 0 Å². The fourth-order valence-electron chi connectivity index (χ4n) is 9.46. The van der Waals surface area contributed by atoms with Gasteiger partial charge in [-0.05, 0) is 148 Å². The van der Waals surface area contributed by atoms with Crippen LogP contribution in [0.5, 0.6) is 0 Å². The van der Waals surface area contributed by atoms with E-state index in [1.54, 1.807) is 12.2 Å². The van der Waals surface area contributed by atoms with E-state index < -0.39 is 97.5 Å². The Morgan fingerprint density at radius 3 is 0.922 bits per heavy atom. The first-order valence-electron chi connectivity index (χ1n) is 38.4. The predicted molar refractivity (Wildman–Crippen MR) is 417 cm³/mol. The highest BCUT2D eigenvalue weighted by atomic mass is 31.2. The lowest BCUT2D eigenvalue weighted by Crippen LogP contribution is -2.30. The summed E-state index contributed by atoms with van der Waals surface area (Å²) in [6, 6.07) is 0. The fourth-order valence-corrected chi connectivity index (χ4v) is 11.0. The average molecular weight is 1470 g/mol. The molecule has 0 fully saturated rings. The number of unbranched alkanes of at least 4 members (excludes halogenated alkanes) is 17. The highest BCUT2D eigenvalue weighted by molar-refractivity contribution is 7.47. The number of ether oxygens (including phenoxy) is 4. The van der Waals surface area contributed by atoms with Gasteiger partial charge < -0.3 is 33.8 Å². The molecule has 5 atom stereocenters. The quantitative estimate of drug-likeness (QED) is 0.0169. The van der Waals surface area contributed by atoms with Crippen LogP contribution >= 0.6 is 15.6 Å². The van der Waals surface area contributed by atoms with Crippen LogP contribution in [0.25, 0.3) is 0 Å². The van der Waals surface area contributed by atoms with Gasteiger partial charge in [-0.15, -0.1) is 0 Å². The monoisotopic (exact) mass is 1460 g/mol. The van der Waals surface area contributed by atoms with Crippen LogP contribution < -0.4 is 0 Å². The van der Waals surface area contributed by atoms with Gasteiger partial charge in [0.25, 0.3) is 0 Å². The van der Waals surface area contributed by atoms with Crippen LogP contribution in [0.1, 0.15) is 272 Å². The van der Waals surface area contributed by atoms with Crippen molar-refractivity contribution in [1.82, 2.24) is 0 Å². The van der Waals surface area contributed by atoms with E-state index in [2.05, 4.69) is 161 Å². The zero-order chi connectivity index (χ0) is 74.6. The second-order valence-electron chi connectivity index (χ2n) is 24.8. The Balaban J connectivity index is 5.49. The Bertz CT molecular complexity index is 2600. The molecule has 0 aromatic carbocycles. The first kappa shape index (κ1) is 96.4. The maximum atomic E-state index is 13.1. The maximum Gasteiger partial charge on any atom is 0.472 e. The van der Waals surface area contributed by atoms with E-state index in [0.717, 1.165) is 161 Å². The fraction of sp³-hybridized carbons (Fsp3) is 0.614. The van der Waals surface area contributed by atoms with Crippen LogP contribution in [-0.4, -0.2) is 96.7 Å². The molecule has 0 saturated heterocycles. The normalized spacial score (nSPS) is 14.9. The second kappa shape index (κ2) is 73.7. The van der Waals surface area contributed by atoms with Crippen LogP contribution in [0.2, 0.25) is 0 Å². The number of carbonyl (C=O) groups excluding carboxylic acids is 4. The van der Waals surface area contributed by atoms with Crippen molar-refractivity contribution in [3.63, 3.8) is 0 Å². The number of hydrogen-bond acceptors (Lipinski definition) is 15. The Kier molecular flexibility index (Phi) is 69.7. The van der Waals surface area contributed by atoms with Crippen molar-refractivity contribution in [2.24, 2.45) is 0 Å². The zero-order valence-corrected chi connectivity index (χ0v) is 64.8. The van der Waals surface area contributed by atoms with Gasteiger partial charge in [0.15, 0.2) is 12.2 Å². The third kappa shape index (κ3) is 72.8. The van der Waals surface area contributed by atoms with Gasteiger partial charge >= 0.3 is 39.5 Å². The van der Waals surface area contributed by atoms with E-state index >= 15 is 0 Å². The summed E-state index contributed by atoms with van der Waals surface area (Å²) in [6.07, 6.45) is 86.7. The van der Waals surface area contributed by atoms with Gasteiger partial charge in [-0.25, -0.2) is 9.13 Å². The SMILES string of the molecule is CC/C=C\C/C=C\C/C=C\C/C=C\C/C=C\CCCC(=O)OCC(COP(=O)(O)OCC(O)COP(=O)(O)OCC(COC(=O)CCCCCCCCC/C=C\C/C=C\C/C=C\CC)OC(=O)CCCCCCC/C=C\CCCCCC)OC(=O)C/C=C\C/C=C\C/C=C\C/C=C\C/C=C\CC. The number of hydrogen-bond donors (Lipinski definition) is 3. The molecule has 17 nitrogen and oxygen atoms in total. The minimum atomic E-state index is -5.02. The Labute approximate surface area is 616 Å². The highest BCUT2D eigenvalue weighted by Crippen LogP contribution is 2.45. The molecule has 0 aliphatic rings. The topological polar surface area (TPSA) is 237 Å². The number of carbonyl (C=O) groups is 4. The average Bonchev–Trinajstić information content (AvgIpc) is 0.939. The van der Waals surface area contributed by atoms with E-state index in [1.165, 1.54) is 25.7 Å². The summed E-state index contributed by atoms with van der Waals surface area (Å²) in [7, 11) is -10.0. The van der Waals surface area contributed by atoms with Gasteiger partial charge in [-0.3, -0.25) is 37.3 Å². The molecular weight excluding hydrogens is 1330 g/mol. The minimum absolute atomic E-state index is 0.0574. The molecule has 102 heavy (non-hydrogen) atoms. The van der Waals surface area contributed by atoms with E-state index in [-0.39, 0.29) is 25.7 Å². The third-order valence-electron chi connectivity index (χ3n) is 15.2. The standard InChI is InChI=1S/C83H134O17P2/c1-5-9-13-17-21-25-29-33-36-38-41-44-47-51-55-59-63-67-80(85)93-73-78(99-82(87)69-65-61-57-53-49-43-32-28-24-20-16-12-8-4)75-97-101(89,90)95-71-77(84)72-96-102(91,92)98-76-79(100-83(88)70-66-62-58-54-50-46-40-35-31-27-23-19-15-11-7-3)74-94-81(86)68-64-60-56-52-48-45-42-39-37-34-30-26-22-18-14-10-6-2/h9-11,13-15,21-23,25-28,32-37,40,42,45,50,52,54,56,62,66,77-79,84H,5-8,12,16-20,24,29-31,38-39,41,43-44,46-49,51,53,55,57-61,63-65,67-76H2,1-4H3,(H,89,90)(H,91,92)/b13-9-,14-10-,15-11-,25-21-,26-22-,27-23-,32-28-,36-33-,37-34-,40-35-,45-42-,54-50-,56-52-,66-62-. The Hall–Kier alpha value is -5.58. The van der Waals surface area contributed by atoms with Crippen molar-refractivity contribution in [2.75, 3.05) is 39.6 Å². The van der Waals surface area contributed by atoms with E-state index in [0.29, 0.717) is 32.1 Å². The van der Waals surface area contributed by atoms with Crippen molar-refractivity contribution in [2.45, 2.75) is 290 Å². The van der Waals surface area contributed by atoms with Crippen LogP contribution in [0.3, 0.4) is 0 Å².